The summed E-state index contributed by atoms with van der Waals surface area (Å²) in [4.78, 5) is 14.4. The highest BCUT2D eigenvalue weighted by atomic mass is 32.1. The lowest BCUT2D eigenvalue weighted by molar-refractivity contribution is 0.103. The molecule has 0 saturated heterocycles. The zero-order valence-electron chi connectivity index (χ0n) is 12.7. The van der Waals surface area contributed by atoms with Crippen LogP contribution >= 0.6 is 11.3 Å². The Bertz CT molecular complexity index is 637. The molecule has 4 nitrogen and oxygen atoms in total. The zero-order valence-corrected chi connectivity index (χ0v) is 13.5. The largest absolute Gasteiger partial charge is 0.319 e. The zero-order chi connectivity index (χ0) is 15.0. The van der Waals surface area contributed by atoms with Crippen molar-refractivity contribution in [3.05, 3.63) is 33.8 Å². The summed E-state index contributed by atoms with van der Waals surface area (Å²) in [5.41, 5.74) is 2.40. The molecule has 112 valence electrons. The van der Waals surface area contributed by atoms with Crippen LogP contribution in [0, 0.1) is 11.3 Å². The maximum atomic E-state index is 12.3. The number of H-pyrrole nitrogens is 1. The van der Waals surface area contributed by atoms with E-state index >= 15 is 0 Å². The fourth-order valence-corrected chi connectivity index (χ4v) is 3.99. The lowest BCUT2D eigenvalue weighted by Crippen LogP contribution is -2.26. The molecule has 0 bridgehead atoms. The van der Waals surface area contributed by atoms with Crippen LogP contribution in [0.5, 0.6) is 0 Å². The Labute approximate surface area is 129 Å². The highest BCUT2D eigenvalue weighted by Crippen LogP contribution is 2.40. The highest BCUT2D eigenvalue weighted by Gasteiger charge is 2.30. The molecule has 21 heavy (non-hydrogen) atoms. The van der Waals surface area contributed by atoms with E-state index in [0.717, 1.165) is 17.7 Å². The molecule has 0 radical (unpaired) electrons. The molecule has 5 heteroatoms. The second kappa shape index (κ2) is 5.30. The summed E-state index contributed by atoms with van der Waals surface area (Å²) in [6, 6.07) is 2.08. The SMILES string of the molecule is CC(C)(C)C1CCc2sc(C(=O)Nc3cn[nH]c3)cc2C1. The number of aromatic amines is 1. The van der Waals surface area contributed by atoms with Crippen molar-refractivity contribution in [2.24, 2.45) is 11.3 Å². The number of aryl methyl sites for hydroxylation is 1. The van der Waals surface area contributed by atoms with Crippen LogP contribution in [-0.4, -0.2) is 16.1 Å². The third-order valence-electron chi connectivity index (χ3n) is 4.29. The molecule has 2 N–H and O–H groups in total. The van der Waals surface area contributed by atoms with Gasteiger partial charge in [0.15, 0.2) is 0 Å². The first-order chi connectivity index (χ1) is 9.93. The van der Waals surface area contributed by atoms with E-state index in [1.165, 1.54) is 16.9 Å². The minimum Gasteiger partial charge on any atom is -0.319 e. The van der Waals surface area contributed by atoms with Crippen molar-refractivity contribution >= 4 is 22.9 Å². The van der Waals surface area contributed by atoms with Crippen LogP contribution < -0.4 is 5.32 Å². The number of carbonyl (C=O) groups excluding carboxylic acids is 1. The Morgan fingerprint density at radius 3 is 2.95 bits per heavy atom. The van der Waals surface area contributed by atoms with Crippen LogP contribution in [0.3, 0.4) is 0 Å². The average Bonchev–Trinajstić information content (AvgIpc) is 3.04. The van der Waals surface area contributed by atoms with E-state index in [0.29, 0.717) is 17.0 Å². The summed E-state index contributed by atoms with van der Waals surface area (Å²) in [6.07, 6.45) is 6.71. The number of nitrogens with one attached hydrogen (secondary N) is 2. The number of nitrogens with zero attached hydrogens (tertiary/aromatic N) is 1. The van der Waals surface area contributed by atoms with Crippen molar-refractivity contribution in [3.63, 3.8) is 0 Å². The van der Waals surface area contributed by atoms with Crippen molar-refractivity contribution in [1.82, 2.24) is 10.2 Å². The molecule has 1 amide bonds. The van der Waals surface area contributed by atoms with E-state index < -0.39 is 0 Å². The van der Waals surface area contributed by atoms with Crippen molar-refractivity contribution in [2.45, 2.75) is 40.0 Å². The summed E-state index contributed by atoms with van der Waals surface area (Å²) in [7, 11) is 0. The van der Waals surface area contributed by atoms with Crippen LogP contribution in [0.1, 0.15) is 47.3 Å². The maximum Gasteiger partial charge on any atom is 0.265 e. The quantitative estimate of drug-likeness (QED) is 0.884. The van der Waals surface area contributed by atoms with E-state index in [2.05, 4.69) is 42.4 Å². The van der Waals surface area contributed by atoms with Gasteiger partial charge in [-0.2, -0.15) is 5.10 Å². The standard InChI is InChI=1S/C16H21N3OS/c1-16(2,3)11-4-5-13-10(6-11)7-14(21-13)15(20)19-12-8-17-18-9-12/h7-9,11H,4-6H2,1-3H3,(H,17,18)(H,19,20). The molecular weight excluding hydrogens is 282 g/mol. The first-order valence-corrected chi connectivity index (χ1v) is 8.17. The average molecular weight is 303 g/mol. The molecule has 1 unspecified atom stereocenters. The Hall–Kier alpha value is -1.62. The lowest BCUT2D eigenvalue weighted by atomic mass is 9.72. The number of hydrogen-bond donors (Lipinski definition) is 2. The van der Waals surface area contributed by atoms with Crippen molar-refractivity contribution in [1.29, 1.82) is 0 Å². The Balaban J connectivity index is 1.76. The normalized spacial score (nSPS) is 18.3. The number of carbonyl (C=O) groups is 1. The predicted molar refractivity (Wildman–Crippen MR) is 85.8 cm³/mol. The number of fused-ring (bicyclic) bond motifs is 1. The first-order valence-electron chi connectivity index (χ1n) is 7.35. The van der Waals surface area contributed by atoms with Crippen LogP contribution in [0.15, 0.2) is 18.5 Å². The molecule has 1 atom stereocenters. The van der Waals surface area contributed by atoms with Gasteiger partial charge in [-0.15, -0.1) is 11.3 Å². The van der Waals surface area contributed by atoms with Crippen LogP contribution in [-0.2, 0) is 12.8 Å². The van der Waals surface area contributed by atoms with Crippen molar-refractivity contribution < 1.29 is 4.79 Å². The summed E-state index contributed by atoms with van der Waals surface area (Å²) in [5.74, 6) is 0.660. The summed E-state index contributed by atoms with van der Waals surface area (Å²) >= 11 is 1.64. The maximum absolute atomic E-state index is 12.3. The molecule has 0 fully saturated rings. The second-order valence-corrected chi connectivity index (χ2v) is 7.94. The fraction of sp³-hybridized carbons (Fsp3) is 0.500. The molecule has 0 aromatic carbocycles. The number of rotatable bonds is 2. The van der Waals surface area contributed by atoms with E-state index in [1.54, 1.807) is 23.7 Å². The van der Waals surface area contributed by atoms with E-state index in [1.807, 2.05) is 0 Å². The minimum atomic E-state index is -0.0388. The van der Waals surface area contributed by atoms with Crippen LogP contribution in [0.25, 0.3) is 0 Å². The number of hydrogen-bond acceptors (Lipinski definition) is 3. The van der Waals surface area contributed by atoms with E-state index in [4.69, 9.17) is 0 Å². The molecule has 0 saturated carbocycles. The third-order valence-corrected chi connectivity index (χ3v) is 5.52. The molecule has 2 aromatic heterocycles. The third kappa shape index (κ3) is 3.02. The number of amides is 1. The van der Waals surface area contributed by atoms with Gasteiger partial charge in [0.2, 0.25) is 0 Å². The number of aromatic nitrogens is 2. The Kier molecular flexibility index (Phi) is 3.61. The van der Waals surface area contributed by atoms with Gasteiger partial charge >= 0.3 is 0 Å². The summed E-state index contributed by atoms with van der Waals surface area (Å²) in [6.45, 7) is 6.92. The molecule has 0 spiro atoms. The molecular formula is C16H21N3OS. The molecule has 2 heterocycles. The molecule has 0 aliphatic heterocycles. The van der Waals surface area contributed by atoms with Gasteiger partial charge < -0.3 is 5.32 Å². The summed E-state index contributed by atoms with van der Waals surface area (Å²) < 4.78 is 0. The van der Waals surface area contributed by atoms with Gasteiger partial charge in [-0.05, 0) is 42.2 Å². The highest BCUT2D eigenvalue weighted by molar-refractivity contribution is 7.14. The topological polar surface area (TPSA) is 57.8 Å². The smallest absolute Gasteiger partial charge is 0.265 e. The van der Waals surface area contributed by atoms with Gasteiger partial charge in [-0.1, -0.05) is 20.8 Å². The predicted octanol–water partition coefficient (Wildman–Crippen LogP) is 3.87. The van der Waals surface area contributed by atoms with Gasteiger partial charge in [-0.3, -0.25) is 9.89 Å². The van der Waals surface area contributed by atoms with Gasteiger partial charge in [-0.25, -0.2) is 0 Å². The van der Waals surface area contributed by atoms with E-state index in [9.17, 15) is 4.79 Å². The molecule has 1 aliphatic rings. The Morgan fingerprint density at radius 1 is 1.48 bits per heavy atom. The number of anilines is 1. The van der Waals surface area contributed by atoms with Crippen molar-refractivity contribution in [2.75, 3.05) is 5.32 Å². The van der Waals surface area contributed by atoms with Crippen molar-refractivity contribution in [3.8, 4) is 0 Å². The van der Waals surface area contributed by atoms with Crippen LogP contribution in [0.2, 0.25) is 0 Å². The lowest BCUT2D eigenvalue weighted by Gasteiger charge is -2.33. The Morgan fingerprint density at radius 2 is 2.29 bits per heavy atom. The summed E-state index contributed by atoms with van der Waals surface area (Å²) in [5, 5.41) is 9.40. The van der Waals surface area contributed by atoms with Gasteiger partial charge in [0.05, 0.1) is 16.8 Å². The molecule has 2 aromatic rings. The van der Waals surface area contributed by atoms with Gasteiger partial charge in [0, 0.05) is 11.1 Å². The molecule has 3 rings (SSSR count). The first kappa shape index (κ1) is 14.3. The second-order valence-electron chi connectivity index (χ2n) is 6.81. The number of thiophene rings is 1. The van der Waals surface area contributed by atoms with E-state index in [-0.39, 0.29) is 5.91 Å². The van der Waals surface area contributed by atoms with Gasteiger partial charge in [0.1, 0.15) is 0 Å². The molecule has 1 aliphatic carbocycles. The monoisotopic (exact) mass is 303 g/mol. The van der Waals surface area contributed by atoms with Gasteiger partial charge in [0.25, 0.3) is 5.91 Å². The minimum absolute atomic E-state index is 0.0388. The van der Waals surface area contributed by atoms with Crippen LogP contribution in [0.4, 0.5) is 5.69 Å². The fourth-order valence-electron chi connectivity index (χ4n) is 2.89.